The number of aryl methyl sites for hydroxylation is 1. The topological polar surface area (TPSA) is 122 Å². The van der Waals surface area contributed by atoms with Crippen molar-refractivity contribution in [3.63, 3.8) is 0 Å². The number of nitrogens with zero attached hydrogens (tertiary/aromatic N) is 4. The first kappa shape index (κ1) is 41.5. The number of alkyl halides is 2. The van der Waals surface area contributed by atoms with Gasteiger partial charge in [-0.05, 0) is 124 Å². The van der Waals surface area contributed by atoms with Gasteiger partial charge in [-0.2, -0.15) is 8.78 Å². The predicted octanol–water partition coefficient (Wildman–Crippen LogP) is 9.74. The number of anilines is 1. The maximum absolute atomic E-state index is 13.9. The molecule has 0 bridgehead atoms. The summed E-state index contributed by atoms with van der Waals surface area (Å²) >= 11 is 1.64. The lowest BCUT2D eigenvalue weighted by Crippen LogP contribution is -2.58. The van der Waals surface area contributed by atoms with Crippen LogP contribution >= 0.6 is 11.3 Å². The van der Waals surface area contributed by atoms with E-state index in [-0.39, 0.29) is 29.7 Å². The van der Waals surface area contributed by atoms with Crippen LogP contribution in [0, 0.1) is 17.3 Å². The molecular weight excluding hydrogens is 797 g/mol. The number of rotatable bonds is 11. The molecule has 0 radical (unpaired) electrons. The van der Waals surface area contributed by atoms with E-state index in [1.807, 2.05) is 24.3 Å². The van der Waals surface area contributed by atoms with Gasteiger partial charge in [0.1, 0.15) is 17.1 Å². The standard InChI is InChI=1S/C48H53F2N5O5S/c1-28-10-17-37(38(56)22-28)55-45(58)33-7-4-6-31(42(33)46(55)59)14-11-29-18-20-48(21-19-29)26-54(27-48)25-30-12-15-32(16-13-30)44-53-36-23-39(60-3)35(24-40(36)61-44)52-43(57)34-8-5-9-41(51-34)47(2,49)50/h4-9,23-24,29-30,32,37H,1,10-22,25-27H2,2-3H3,(H,52,57). The fraction of sp³-hybridized carbons (Fsp3) is 0.500. The number of amides is 3. The zero-order valence-electron chi connectivity index (χ0n) is 34.9. The predicted molar refractivity (Wildman–Crippen MR) is 231 cm³/mol. The number of methoxy groups -OCH3 is 1. The third-order valence-corrected chi connectivity index (χ3v) is 15.3. The number of Topliss-reactive ketones (excluding diaryl/α,β-unsaturated/α-hetero) is 1. The van der Waals surface area contributed by atoms with E-state index in [0.29, 0.717) is 58.6 Å². The van der Waals surface area contributed by atoms with E-state index in [4.69, 9.17) is 9.72 Å². The number of halogens is 2. The molecule has 1 atom stereocenters. The van der Waals surface area contributed by atoms with Crippen molar-refractivity contribution in [3.8, 4) is 5.75 Å². The van der Waals surface area contributed by atoms with E-state index in [1.165, 1.54) is 81.8 Å². The van der Waals surface area contributed by atoms with Crippen molar-refractivity contribution in [1.82, 2.24) is 19.8 Å². The molecule has 4 heterocycles. The average molecular weight is 850 g/mol. The molecule has 3 saturated carbocycles. The van der Waals surface area contributed by atoms with Crippen molar-refractivity contribution in [2.45, 2.75) is 108 Å². The number of pyridine rings is 1. The number of imide groups is 1. The first-order valence-corrected chi connectivity index (χ1v) is 22.7. The summed E-state index contributed by atoms with van der Waals surface area (Å²) in [5, 5.41) is 3.90. The fourth-order valence-electron chi connectivity index (χ4n) is 10.7. The highest BCUT2D eigenvalue weighted by atomic mass is 32.1. The van der Waals surface area contributed by atoms with E-state index >= 15 is 0 Å². The molecule has 2 aliphatic heterocycles. The van der Waals surface area contributed by atoms with Crippen LogP contribution in [0.15, 0.2) is 60.7 Å². The Balaban J connectivity index is 0.732. The van der Waals surface area contributed by atoms with Crippen molar-refractivity contribution in [3.05, 3.63) is 93.8 Å². The summed E-state index contributed by atoms with van der Waals surface area (Å²) < 4.78 is 34.2. The van der Waals surface area contributed by atoms with Gasteiger partial charge in [-0.15, -0.1) is 11.3 Å². The van der Waals surface area contributed by atoms with Gasteiger partial charge in [0, 0.05) is 45.0 Å². The van der Waals surface area contributed by atoms with Crippen LogP contribution in [-0.2, 0) is 17.1 Å². The number of nitrogens with one attached hydrogen (secondary N) is 1. The number of hydrogen-bond acceptors (Lipinski definition) is 9. The number of ether oxygens (including phenoxy) is 1. The highest BCUT2D eigenvalue weighted by Gasteiger charge is 2.47. The minimum atomic E-state index is -3.16. The molecule has 13 heteroatoms. The van der Waals surface area contributed by atoms with Crippen LogP contribution in [0.3, 0.4) is 0 Å². The van der Waals surface area contributed by atoms with Crippen LogP contribution in [0.5, 0.6) is 5.75 Å². The molecule has 1 saturated heterocycles. The van der Waals surface area contributed by atoms with E-state index in [1.54, 1.807) is 17.4 Å². The molecular formula is C48H53F2N5O5S. The Morgan fingerprint density at radius 2 is 1.72 bits per heavy atom. The number of likely N-dealkylation sites (tertiary alicyclic amines) is 1. The number of aromatic nitrogens is 2. The number of ketones is 1. The maximum Gasteiger partial charge on any atom is 0.287 e. The molecule has 3 aliphatic carbocycles. The molecule has 9 rings (SSSR count). The van der Waals surface area contributed by atoms with E-state index < -0.39 is 23.6 Å². The molecule has 2 aromatic heterocycles. The SMILES string of the molecule is C=C1CCC(N2C(=O)c3cccc(CCC4CCC5(CC4)CN(CC4CCC(c6nc7cc(OC)c(NC(=O)c8cccc(C(C)(F)F)n8)cc7s6)CC4)C5)c3C2=O)C(=O)C1. The van der Waals surface area contributed by atoms with E-state index in [2.05, 4.69) is 21.8 Å². The summed E-state index contributed by atoms with van der Waals surface area (Å²) in [6.45, 7) is 8.19. The van der Waals surface area contributed by atoms with Crippen molar-refractivity contribution in [2.75, 3.05) is 32.1 Å². The highest BCUT2D eigenvalue weighted by Crippen LogP contribution is 2.48. The van der Waals surface area contributed by atoms with Crippen LogP contribution in [0.2, 0.25) is 0 Å². The van der Waals surface area contributed by atoms with Crippen LogP contribution in [0.1, 0.15) is 137 Å². The summed E-state index contributed by atoms with van der Waals surface area (Å²) in [5.41, 5.74) is 3.86. The summed E-state index contributed by atoms with van der Waals surface area (Å²) in [7, 11) is 1.52. The van der Waals surface area contributed by atoms with Gasteiger partial charge in [-0.3, -0.25) is 24.1 Å². The summed E-state index contributed by atoms with van der Waals surface area (Å²) in [6, 6.07) is 12.6. The lowest BCUT2D eigenvalue weighted by Gasteiger charge is -2.54. The number of thiazole rings is 1. The van der Waals surface area contributed by atoms with E-state index in [0.717, 1.165) is 65.5 Å². The van der Waals surface area contributed by atoms with Gasteiger partial charge in [0.2, 0.25) is 0 Å². The summed E-state index contributed by atoms with van der Waals surface area (Å²) in [5.74, 6) is -2.37. The largest absolute Gasteiger partial charge is 0.494 e. The Labute approximate surface area is 359 Å². The van der Waals surface area contributed by atoms with Crippen LogP contribution in [0.25, 0.3) is 10.2 Å². The maximum atomic E-state index is 13.9. The second-order valence-electron chi connectivity index (χ2n) is 18.5. The third kappa shape index (κ3) is 8.27. The number of carbonyl (C=O) groups excluding carboxylic acids is 4. The quantitative estimate of drug-likeness (QED) is 0.117. The van der Waals surface area contributed by atoms with Gasteiger partial charge in [0.15, 0.2) is 5.78 Å². The Hall–Kier alpha value is -4.88. The Morgan fingerprint density at radius 1 is 0.967 bits per heavy atom. The molecule has 61 heavy (non-hydrogen) atoms. The van der Waals surface area contributed by atoms with Crippen LogP contribution in [-0.4, -0.2) is 76.1 Å². The molecule has 4 aromatic rings. The van der Waals surface area contributed by atoms with Gasteiger partial charge in [-0.1, -0.05) is 30.4 Å². The van der Waals surface area contributed by atoms with Crippen molar-refractivity contribution in [2.24, 2.45) is 17.3 Å². The second kappa shape index (κ2) is 16.4. The second-order valence-corrected chi connectivity index (χ2v) is 19.5. The zero-order valence-corrected chi connectivity index (χ0v) is 35.8. The van der Waals surface area contributed by atoms with Crippen molar-refractivity contribution in [1.29, 1.82) is 0 Å². The minimum Gasteiger partial charge on any atom is -0.494 e. The number of fused-ring (bicyclic) bond motifs is 2. The molecule has 1 N–H and O–H groups in total. The molecule has 3 amide bonds. The highest BCUT2D eigenvalue weighted by molar-refractivity contribution is 7.18. The molecule has 5 aliphatic rings. The van der Waals surface area contributed by atoms with Crippen LogP contribution < -0.4 is 10.1 Å². The molecule has 1 spiro atoms. The van der Waals surface area contributed by atoms with Crippen LogP contribution in [0.4, 0.5) is 14.5 Å². The van der Waals surface area contributed by atoms with E-state index in [9.17, 15) is 28.0 Å². The molecule has 10 nitrogen and oxygen atoms in total. The minimum absolute atomic E-state index is 0.0908. The van der Waals surface area contributed by atoms with Crippen molar-refractivity contribution < 1.29 is 32.7 Å². The smallest absolute Gasteiger partial charge is 0.287 e. The lowest BCUT2D eigenvalue weighted by atomic mass is 9.65. The number of carbonyl (C=O) groups is 4. The Morgan fingerprint density at radius 3 is 2.44 bits per heavy atom. The van der Waals surface area contributed by atoms with Gasteiger partial charge < -0.3 is 15.0 Å². The number of hydrogen-bond donors (Lipinski definition) is 1. The Kier molecular flexibility index (Phi) is 11.2. The number of benzene rings is 2. The molecule has 2 aromatic carbocycles. The van der Waals surface area contributed by atoms with Gasteiger partial charge in [0.05, 0.1) is 45.2 Å². The zero-order chi connectivity index (χ0) is 42.6. The molecule has 1 unspecified atom stereocenters. The third-order valence-electron chi connectivity index (χ3n) is 14.1. The average Bonchev–Trinajstić information content (AvgIpc) is 3.76. The summed E-state index contributed by atoms with van der Waals surface area (Å²) in [6.07, 6.45) is 12.5. The Bertz CT molecular complexity index is 2400. The van der Waals surface area contributed by atoms with Crippen molar-refractivity contribution >= 4 is 50.7 Å². The number of allylic oxidation sites excluding steroid dienone is 1. The molecule has 320 valence electrons. The van der Waals surface area contributed by atoms with Gasteiger partial charge in [-0.25, -0.2) is 9.97 Å². The first-order chi connectivity index (χ1) is 29.3. The first-order valence-electron chi connectivity index (χ1n) is 21.8. The van der Waals surface area contributed by atoms with Gasteiger partial charge in [0.25, 0.3) is 23.6 Å². The monoisotopic (exact) mass is 849 g/mol. The summed E-state index contributed by atoms with van der Waals surface area (Å²) in [4.78, 5) is 65.6. The molecule has 4 fully saturated rings. The normalized spacial score (nSPS) is 23.4. The lowest BCUT2D eigenvalue weighted by molar-refractivity contribution is -0.123. The van der Waals surface area contributed by atoms with Gasteiger partial charge >= 0.3 is 0 Å². The fourth-order valence-corrected chi connectivity index (χ4v) is 11.9.